The summed E-state index contributed by atoms with van der Waals surface area (Å²) >= 11 is 0. The van der Waals surface area contributed by atoms with E-state index in [2.05, 4.69) is 0 Å². The Kier molecular flexibility index (Phi) is 8.09. The van der Waals surface area contributed by atoms with Crippen molar-refractivity contribution in [3.8, 4) is 0 Å². The van der Waals surface area contributed by atoms with Crippen LogP contribution in [0.15, 0.2) is 0 Å². The van der Waals surface area contributed by atoms with Crippen molar-refractivity contribution in [3.05, 3.63) is 0 Å². The smallest absolute Gasteiger partial charge is 0.296 e. The number of rotatable bonds is 2. The molecule has 0 aromatic heterocycles. The van der Waals surface area contributed by atoms with Gasteiger partial charge in [0.1, 0.15) is 0 Å². The maximum atomic E-state index is 5.95. The first-order valence-corrected chi connectivity index (χ1v) is 9.44. The van der Waals surface area contributed by atoms with Crippen LogP contribution in [0.25, 0.3) is 0 Å². The van der Waals surface area contributed by atoms with Gasteiger partial charge < -0.3 is 4.65 Å². The zero-order valence-electron chi connectivity index (χ0n) is 13.7. The molecule has 0 aromatic carbocycles. The van der Waals surface area contributed by atoms with Crippen molar-refractivity contribution < 1.29 is 4.65 Å². The fourth-order valence-electron chi connectivity index (χ4n) is 4.58. The minimum atomic E-state index is 0.554. The van der Waals surface area contributed by atoms with Gasteiger partial charge in [-0.3, -0.25) is 0 Å². The van der Waals surface area contributed by atoms with Gasteiger partial charge in [0.25, 0.3) is 6.92 Å². The Hall–Kier alpha value is 0.0249. The fourth-order valence-corrected chi connectivity index (χ4v) is 4.58. The van der Waals surface area contributed by atoms with Gasteiger partial charge in [0.2, 0.25) is 0 Å². The highest BCUT2D eigenvalue weighted by atomic mass is 16.4. The van der Waals surface area contributed by atoms with Gasteiger partial charge in [-0.1, -0.05) is 89.9 Å². The van der Waals surface area contributed by atoms with Gasteiger partial charge in [-0.05, 0) is 18.1 Å². The summed E-state index contributed by atoms with van der Waals surface area (Å²) in [6.45, 7) is 0.554. The minimum absolute atomic E-state index is 0.554. The van der Waals surface area contributed by atoms with Crippen molar-refractivity contribution in [1.29, 1.82) is 0 Å². The van der Waals surface area contributed by atoms with Crippen molar-refractivity contribution >= 4 is 6.92 Å². The van der Waals surface area contributed by atoms with Gasteiger partial charge in [0.15, 0.2) is 0 Å². The zero-order valence-corrected chi connectivity index (χ0v) is 13.7. The molecule has 2 rings (SSSR count). The summed E-state index contributed by atoms with van der Waals surface area (Å²) in [6, 6.07) is 0. The summed E-state index contributed by atoms with van der Waals surface area (Å²) in [5.41, 5.74) is 0. The van der Waals surface area contributed by atoms with Crippen molar-refractivity contribution in [2.45, 2.75) is 102 Å². The fraction of sp³-hybridized carbons (Fsp3) is 1.00. The first-order valence-electron chi connectivity index (χ1n) is 9.44. The van der Waals surface area contributed by atoms with E-state index in [1.165, 1.54) is 96.2 Å². The van der Waals surface area contributed by atoms with E-state index in [-0.39, 0.29) is 0 Å². The molecule has 20 heavy (non-hydrogen) atoms. The predicted octanol–water partition coefficient (Wildman–Crippen LogP) is 6.10. The van der Waals surface area contributed by atoms with E-state index in [4.69, 9.17) is 4.65 Å². The molecule has 1 atom stereocenters. The first kappa shape index (κ1) is 16.4. The van der Waals surface area contributed by atoms with Crippen molar-refractivity contribution in [1.82, 2.24) is 0 Å². The standard InChI is InChI=1S/C18H35BO/c1-20-19-16-12-8-4-7-11-15-18(19)17-13-9-5-2-3-6-10-14-17/h17-18H,2-16H2,1H3. The van der Waals surface area contributed by atoms with Gasteiger partial charge in [0.05, 0.1) is 0 Å². The SMILES string of the molecule is COB1CCCCCCCC1C1CCCCCCCC1. The van der Waals surface area contributed by atoms with Crippen LogP contribution in [0.1, 0.15) is 89.9 Å². The molecular formula is C18H35BO. The maximum absolute atomic E-state index is 5.95. The van der Waals surface area contributed by atoms with Crippen LogP contribution in [0, 0.1) is 5.92 Å². The van der Waals surface area contributed by atoms with Crippen LogP contribution in [-0.2, 0) is 4.65 Å². The van der Waals surface area contributed by atoms with Gasteiger partial charge >= 0.3 is 0 Å². The zero-order chi connectivity index (χ0) is 14.0. The average Bonchev–Trinajstić information content (AvgIpc) is 2.68. The van der Waals surface area contributed by atoms with Crippen LogP contribution in [0.3, 0.4) is 0 Å². The minimum Gasteiger partial charge on any atom is -0.438 e. The van der Waals surface area contributed by atoms with Crippen molar-refractivity contribution in [2.24, 2.45) is 5.92 Å². The molecule has 1 aliphatic carbocycles. The average molecular weight is 278 g/mol. The second kappa shape index (κ2) is 9.87. The van der Waals surface area contributed by atoms with Crippen LogP contribution >= 0.6 is 0 Å². The van der Waals surface area contributed by atoms with Crippen molar-refractivity contribution in [2.75, 3.05) is 7.11 Å². The normalized spacial score (nSPS) is 28.6. The molecule has 0 N–H and O–H groups in total. The van der Waals surface area contributed by atoms with Gasteiger partial charge in [0, 0.05) is 7.11 Å². The van der Waals surface area contributed by atoms with E-state index in [1.807, 2.05) is 7.11 Å². The molecule has 2 fully saturated rings. The quantitative estimate of drug-likeness (QED) is 0.554. The third kappa shape index (κ3) is 5.43. The largest absolute Gasteiger partial charge is 0.438 e. The highest BCUT2D eigenvalue weighted by molar-refractivity contribution is 6.53. The maximum Gasteiger partial charge on any atom is 0.296 e. The molecule has 1 heterocycles. The van der Waals surface area contributed by atoms with E-state index >= 15 is 0 Å². The predicted molar refractivity (Wildman–Crippen MR) is 89.4 cm³/mol. The number of hydrogen-bond acceptors (Lipinski definition) is 1. The van der Waals surface area contributed by atoms with Gasteiger partial charge in [-0.15, -0.1) is 0 Å². The molecule has 1 saturated carbocycles. The molecule has 0 bridgehead atoms. The summed E-state index contributed by atoms with van der Waals surface area (Å²) in [4.78, 5) is 0. The van der Waals surface area contributed by atoms with Crippen molar-refractivity contribution in [3.63, 3.8) is 0 Å². The molecule has 2 heteroatoms. The molecule has 0 aromatic rings. The molecular weight excluding hydrogens is 243 g/mol. The summed E-state index contributed by atoms with van der Waals surface area (Å²) < 4.78 is 5.95. The van der Waals surface area contributed by atoms with Gasteiger partial charge in [-0.25, -0.2) is 0 Å². The molecule has 1 nitrogen and oxygen atoms in total. The molecule has 0 radical (unpaired) electrons. The van der Waals surface area contributed by atoms with Crippen LogP contribution < -0.4 is 0 Å². The Labute approximate surface area is 127 Å². The summed E-state index contributed by atoms with van der Waals surface area (Å²) in [5, 5.41) is 0. The van der Waals surface area contributed by atoms with E-state index in [0.29, 0.717) is 6.92 Å². The Morgan fingerprint density at radius 3 is 1.75 bits per heavy atom. The highest BCUT2D eigenvalue weighted by Crippen LogP contribution is 2.39. The third-order valence-corrected chi connectivity index (χ3v) is 5.81. The van der Waals surface area contributed by atoms with E-state index in [9.17, 15) is 0 Å². The summed E-state index contributed by atoms with van der Waals surface area (Å²) in [7, 11) is 1.96. The molecule has 1 unspecified atom stereocenters. The third-order valence-electron chi connectivity index (χ3n) is 5.81. The topological polar surface area (TPSA) is 9.23 Å². The lowest BCUT2D eigenvalue weighted by molar-refractivity contribution is 0.330. The lowest BCUT2D eigenvalue weighted by Crippen LogP contribution is -2.29. The van der Waals surface area contributed by atoms with E-state index in [0.717, 1.165) is 11.7 Å². The Morgan fingerprint density at radius 1 is 0.650 bits per heavy atom. The molecule has 1 aliphatic heterocycles. The Bertz CT molecular complexity index is 234. The van der Waals surface area contributed by atoms with Crippen LogP contribution in [0.2, 0.25) is 12.1 Å². The van der Waals surface area contributed by atoms with Gasteiger partial charge in [-0.2, -0.15) is 0 Å². The van der Waals surface area contributed by atoms with E-state index in [1.54, 1.807) is 0 Å². The summed E-state index contributed by atoms with van der Waals surface area (Å²) in [5.74, 6) is 1.81. The first-order chi connectivity index (χ1) is 9.92. The highest BCUT2D eigenvalue weighted by Gasteiger charge is 2.32. The lowest BCUT2D eigenvalue weighted by atomic mass is 9.47. The molecule has 0 spiro atoms. The van der Waals surface area contributed by atoms with E-state index < -0.39 is 0 Å². The van der Waals surface area contributed by atoms with Crippen LogP contribution in [-0.4, -0.2) is 14.0 Å². The monoisotopic (exact) mass is 278 g/mol. The molecule has 0 amide bonds. The second-order valence-corrected chi connectivity index (χ2v) is 7.24. The number of hydrogen-bond donors (Lipinski definition) is 0. The lowest BCUT2D eigenvalue weighted by Gasteiger charge is -2.31. The van der Waals surface area contributed by atoms with Crippen LogP contribution in [0.4, 0.5) is 0 Å². The Balaban J connectivity index is 1.97. The second-order valence-electron chi connectivity index (χ2n) is 7.24. The summed E-state index contributed by atoms with van der Waals surface area (Å²) in [6.07, 6.45) is 21.7. The van der Waals surface area contributed by atoms with Crippen LogP contribution in [0.5, 0.6) is 0 Å². The molecule has 116 valence electrons. The molecule has 2 aliphatic rings. The molecule has 1 saturated heterocycles. The Morgan fingerprint density at radius 2 is 1.15 bits per heavy atom.